The highest BCUT2D eigenvalue weighted by molar-refractivity contribution is 5.99. The normalized spacial score (nSPS) is 18.2. The molecule has 1 aliphatic carbocycles. The molecule has 2 atom stereocenters. The second-order valence-electron chi connectivity index (χ2n) is 13.6. The number of carbonyl (C=O) groups excluding carboxylic acids is 2. The van der Waals surface area contributed by atoms with Gasteiger partial charge < -0.3 is 30.0 Å². The molecule has 2 aliphatic rings. The molecule has 0 bridgehead atoms. The number of aromatic amines is 1. The van der Waals surface area contributed by atoms with Gasteiger partial charge in [-0.25, -0.2) is 4.79 Å². The molecule has 0 unspecified atom stereocenters. The number of alkyl carbamates (subject to hydrolysis) is 1. The van der Waals surface area contributed by atoms with Crippen molar-refractivity contribution in [2.45, 2.75) is 97.9 Å². The predicted octanol–water partition coefficient (Wildman–Crippen LogP) is 6.28. The Morgan fingerprint density at radius 3 is 2.35 bits per heavy atom. The summed E-state index contributed by atoms with van der Waals surface area (Å²) in [4.78, 5) is 43.9. The van der Waals surface area contributed by atoms with E-state index in [1.165, 1.54) is 0 Å². The highest BCUT2D eigenvalue weighted by Gasteiger charge is 2.40. The number of nitrogens with one attached hydrogen (secondary N) is 3. The molecule has 2 aromatic carbocycles. The lowest BCUT2D eigenvalue weighted by molar-refractivity contribution is 0.0522. The number of hydrogen-bond donors (Lipinski definition) is 3. The Kier molecular flexibility index (Phi) is 9.91. The molecule has 46 heavy (non-hydrogen) atoms. The van der Waals surface area contributed by atoms with Crippen LogP contribution in [0.5, 0.6) is 0 Å². The lowest BCUT2D eigenvalue weighted by Crippen LogP contribution is -2.40. The van der Waals surface area contributed by atoms with Gasteiger partial charge >= 0.3 is 6.09 Å². The lowest BCUT2D eigenvalue weighted by Gasteiger charge is -2.37. The van der Waals surface area contributed by atoms with Crippen molar-refractivity contribution in [2.75, 3.05) is 24.7 Å². The average molecular weight is 629 g/mol. The van der Waals surface area contributed by atoms with Crippen molar-refractivity contribution in [1.29, 1.82) is 0 Å². The van der Waals surface area contributed by atoms with Crippen LogP contribution in [0.15, 0.2) is 47.3 Å². The zero-order valence-corrected chi connectivity index (χ0v) is 28.2. The standard InChI is InChI=1S/C37H48N4O5/c1-8-41(28-13-15-45-16-14-28)33-19-27(18-29(24(33)4)34(42)38-21-31-22(2)17-23(3)39-35(31)43)25-9-11-26(12-10-25)30-20-32(30)40-36(44)46-37(5,6)7/h9-12,17-19,28,30,32H,8,13-16,20-21H2,1-7H3,(H,38,42)(H,39,43)(H,40,44)/t30-,32+/m0/s1. The van der Waals surface area contributed by atoms with Gasteiger partial charge in [-0.3, -0.25) is 9.59 Å². The van der Waals surface area contributed by atoms with Gasteiger partial charge in [-0.05, 0) is 114 Å². The fourth-order valence-corrected chi connectivity index (χ4v) is 6.49. The SMILES string of the molecule is CCN(c1cc(-c2ccc([C@@H]3C[C@H]3NC(=O)OC(C)(C)C)cc2)cc(C(=O)NCc2c(C)cc(C)[nH]c2=O)c1C)C1CCOCC1. The van der Waals surface area contributed by atoms with Gasteiger partial charge in [-0.1, -0.05) is 24.3 Å². The topological polar surface area (TPSA) is 113 Å². The number of ether oxygens (including phenoxy) is 2. The maximum absolute atomic E-state index is 13.8. The number of carbonyl (C=O) groups is 2. The molecule has 1 aliphatic heterocycles. The largest absolute Gasteiger partial charge is 0.444 e. The van der Waals surface area contributed by atoms with E-state index in [2.05, 4.69) is 57.8 Å². The van der Waals surface area contributed by atoms with Gasteiger partial charge in [0.05, 0.1) is 0 Å². The summed E-state index contributed by atoms with van der Waals surface area (Å²) in [7, 11) is 0. The quantitative estimate of drug-likeness (QED) is 0.257. The number of rotatable bonds is 9. The van der Waals surface area contributed by atoms with Crippen molar-refractivity contribution in [3.63, 3.8) is 0 Å². The van der Waals surface area contributed by atoms with E-state index in [1.807, 2.05) is 53.7 Å². The summed E-state index contributed by atoms with van der Waals surface area (Å²) in [5.74, 6) is 0.0302. The zero-order valence-electron chi connectivity index (χ0n) is 28.2. The molecule has 3 aromatic rings. The second kappa shape index (κ2) is 13.7. The van der Waals surface area contributed by atoms with E-state index in [0.29, 0.717) is 17.2 Å². The van der Waals surface area contributed by atoms with E-state index < -0.39 is 5.60 Å². The fraction of sp³-hybridized carbons (Fsp3) is 0.486. The van der Waals surface area contributed by atoms with Crippen molar-refractivity contribution in [3.8, 4) is 11.1 Å². The predicted molar refractivity (Wildman–Crippen MR) is 182 cm³/mol. The van der Waals surface area contributed by atoms with Crippen LogP contribution in [-0.2, 0) is 16.0 Å². The first kappa shape index (κ1) is 33.3. The Bertz CT molecular complexity index is 1630. The summed E-state index contributed by atoms with van der Waals surface area (Å²) in [6.07, 6.45) is 2.35. The first-order chi connectivity index (χ1) is 21.8. The number of aromatic nitrogens is 1. The monoisotopic (exact) mass is 628 g/mol. The highest BCUT2D eigenvalue weighted by atomic mass is 16.6. The minimum absolute atomic E-state index is 0.0592. The van der Waals surface area contributed by atoms with Crippen molar-refractivity contribution in [3.05, 3.63) is 86.3 Å². The summed E-state index contributed by atoms with van der Waals surface area (Å²) in [6, 6.07) is 14.9. The fourth-order valence-electron chi connectivity index (χ4n) is 6.49. The Hall–Kier alpha value is -4.11. The molecule has 2 amide bonds. The molecule has 5 rings (SSSR count). The molecule has 9 heteroatoms. The molecule has 1 aromatic heterocycles. The van der Waals surface area contributed by atoms with Crippen LogP contribution in [0.3, 0.4) is 0 Å². The molecule has 0 spiro atoms. The van der Waals surface area contributed by atoms with Crippen molar-refractivity contribution in [1.82, 2.24) is 15.6 Å². The van der Waals surface area contributed by atoms with E-state index in [-0.39, 0.29) is 36.1 Å². The maximum Gasteiger partial charge on any atom is 0.407 e. The summed E-state index contributed by atoms with van der Waals surface area (Å²) in [5.41, 5.74) is 7.14. The first-order valence-electron chi connectivity index (χ1n) is 16.4. The molecule has 0 radical (unpaired) electrons. The molecular formula is C37H48N4O5. The molecular weight excluding hydrogens is 580 g/mol. The van der Waals surface area contributed by atoms with Crippen LogP contribution in [0.25, 0.3) is 11.1 Å². The smallest absolute Gasteiger partial charge is 0.407 e. The molecule has 1 saturated heterocycles. The Balaban J connectivity index is 1.42. The number of H-pyrrole nitrogens is 1. The highest BCUT2D eigenvalue weighted by Crippen LogP contribution is 2.42. The van der Waals surface area contributed by atoms with Crippen LogP contribution in [-0.4, -0.2) is 54.4 Å². The number of nitrogens with zero attached hydrogens (tertiary/aromatic N) is 1. The van der Waals surface area contributed by atoms with Gasteiger partial charge in [0.25, 0.3) is 11.5 Å². The summed E-state index contributed by atoms with van der Waals surface area (Å²) in [5, 5.41) is 6.00. The van der Waals surface area contributed by atoms with Gasteiger partial charge in [0, 0.05) is 66.8 Å². The van der Waals surface area contributed by atoms with E-state index in [0.717, 1.165) is 78.2 Å². The van der Waals surface area contributed by atoms with Crippen molar-refractivity contribution < 1.29 is 19.1 Å². The second-order valence-corrected chi connectivity index (χ2v) is 13.6. The van der Waals surface area contributed by atoms with E-state index in [9.17, 15) is 14.4 Å². The van der Waals surface area contributed by atoms with Gasteiger partial charge in [0.2, 0.25) is 0 Å². The third-order valence-electron chi connectivity index (χ3n) is 8.99. The number of amides is 2. The minimum Gasteiger partial charge on any atom is -0.444 e. The van der Waals surface area contributed by atoms with Crippen LogP contribution in [0.1, 0.15) is 91.2 Å². The number of aryl methyl sites for hydroxylation is 2. The lowest BCUT2D eigenvalue weighted by atomic mass is 9.94. The van der Waals surface area contributed by atoms with Crippen LogP contribution in [0, 0.1) is 20.8 Å². The molecule has 246 valence electrons. The maximum atomic E-state index is 13.8. The van der Waals surface area contributed by atoms with E-state index >= 15 is 0 Å². The van der Waals surface area contributed by atoms with E-state index in [4.69, 9.17) is 9.47 Å². The summed E-state index contributed by atoms with van der Waals surface area (Å²) >= 11 is 0. The van der Waals surface area contributed by atoms with Crippen molar-refractivity contribution in [2.24, 2.45) is 0 Å². The third-order valence-corrected chi connectivity index (χ3v) is 8.99. The Morgan fingerprint density at radius 2 is 1.72 bits per heavy atom. The van der Waals surface area contributed by atoms with Crippen LogP contribution in [0.4, 0.5) is 10.5 Å². The molecule has 9 nitrogen and oxygen atoms in total. The van der Waals surface area contributed by atoms with Gasteiger partial charge in [0.15, 0.2) is 0 Å². The minimum atomic E-state index is -0.534. The first-order valence-corrected chi connectivity index (χ1v) is 16.4. The number of pyridine rings is 1. The summed E-state index contributed by atoms with van der Waals surface area (Å²) < 4.78 is 11.1. The third kappa shape index (κ3) is 7.81. The van der Waals surface area contributed by atoms with Crippen molar-refractivity contribution >= 4 is 17.7 Å². The zero-order chi connectivity index (χ0) is 33.2. The summed E-state index contributed by atoms with van der Waals surface area (Å²) in [6.45, 7) is 15.9. The molecule has 2 fully saturated rings. The number of anilines is 1. The van der Waals surface area contributed by atoms with E-state index in [1.54, 1.807) is 0 Å². The molecule has 3 N–H and O–H groups in total. The van der Waals surface area contributed by atoms with Gasteiger partial charge in [-0.2, -0.15) is 0 Å². The number of hydrogen-bond acceptors (Lipinski definition) is 6. The Morgan fingerprint density at radius 1 is 1.02 bits per heavy atom. The molecule has 2 heterocycles. The van der Waals surface area contributed by atoms with Crippen LogP contribution >= 0.6 is 0 Å². The van der Waals surface area contributed by atoms with Gasteiger partial charge in [-0.15, -0.1) is 0 Å². The average Bonchev–Trinajstić information content (AvgIpc) is 3.76. The molecule has 1 saturated carbocycles. The van der Waals surface area contributed by atoms with Crippen LogP contribution in [0.2, 0.25) is 0 Å². The number of benzene rings is 2. The van der Waals surface area contributed by atoms with Crippen LogP contribution < -0.4 is 21.1 Å². The van der Waals surface area contributed by atoms with Gasteiger partial charge in [0.1, 0.15) is 5.60 Å². The Labute approximate surface area is 272 Å².